The number of ketones is 1. The Labute approximate surface area is 156 Å². The molecule has 5 aromatic rings. The van der Waals surface area contributed by atoms with E-state index in [9.17, 15) is 4.79 Å². The lowest BCUT2D eigenvalue weighted by Gasteiger charge is -2.03. The van der Waals surface area contributed by atoms with Crippen LogP contribution in [0.3, 0.4) is 0 Å². The Kier molecular flexibility index (Phi) is 3.61. The summed E-state index contributed by atoms with van der Waals surface area (Å²) in [5, 5.41) is 3.07. The third kappa shape index (κ3) is 2.54. The summed E-state index contributed by atoms with van der Waals surface area (Å²) in [7, 11) is 0. The maximum atomic E-state index is 13.3. The second-order valence-corrected chi connectivity index (χ2v) is 6.53. The van der Waals surface area contributed by atoms with Crippen LogP contribution in [0.1, 0.15) is 16.1 Å². The molecule has 5 rings (SSSR count). The topological polar surface area (TPSA) is 30.2 Å². The lowest BCUT2D eigenvalue weighted by molar-refractivity contribution is 0.101. The van der Waals surface area contributed by atoms with E-state index in [-0.39, 0.29) is 5.78 Å². The molecule has 0 amide bonds. The highest BCUT2D eigenvalue weighted by Crippen LogP contribution is 2.39. The predicted molar refractivity (Wildman–Crippen MR) is 109 cm³/mol. The normalized spacial score (nSPS) is 11.1. The molecule has 0 unspecified atom stereocenters. The Morgan fingerprint density at radius 1 is 0.630 bits per heavy atom. The lowest BCUT2D eigenvalue weighted by Crippen LogP contribution is -2.01. The van der Waals surface area contributed by atoms with Gasteiger partial charge in [-0.05, 0) is 17.0 Å². The Morgan fingerprint density at radius 3 is 2.07 bits per heavy atom. The van der Waals surface area contributed by atoms with Crippen molar-refractivity contribution in [3.8, 4) is 11.1 Å². The van der Waals surface area contributed by atoms with Gasteiger partial charge in [0.25, 0.3) is 0 Å². The molecule has 0 aliphatic carbocycles. The zero-order valence-electron chi connectivity index (χ0n) is 14.6. The summed E-state index contributed by atoms with van der Waals surface area (Å²) in [6.45, 7) is 0. The molecule has 0 fully saturated rings. The number of carbonyl (C=O) groups excluding carboxylic acids is 1. The van der Waals surface area contributed by atoms with Gasteiger partial charge in [0.2, 0.25) is 5.78 Å². The van der Waals surface area contributed by atoms with E-state index in [0.717, 1.165) is 32.9 Å². The van der Waals surface area contributed by atoms with Crippen LogP contribution in [0.4, 0.5) is 0 Å². The van der Waals surface area contributed by atoms with Gasteiger partial charge in [-0.1, -0.05) is 91.0 Å². The molecule has 2 heteroatoms. The fourth-order valence-electron chi connectivity index (χ4n) is 3.60. The summed E-state index contributed by atoms with van der Waals surface area (Å²) in [5.41, 5.74) is 3.21. The van der Waals surface area contributed by atoms with Crippen molar-refractivity contribution < 1.29 is 9.21 Å². The second kappa shape index (κ2) is 6.26. The third-order valence-electron chi connectivity index (χ3n) is 4.88. The molecule has 1 heterocycles. The molecule has 0 saturated carbocycles. The molecule has 1 aromatic heterocycles. The van der Waals surface area contributed by atoms with Crippen molar-refractivity contribution in [3.05, 3.63) is 108 Å². The van der Waals surface area contributed by atoms with Crippen molar-refractivity contribution in [3.63, 3.8) is 0 Å². The summed E-state index contributed by atoms with van der Waals surface area (Å²) in [5.74, 6) is 0.286. The zero-order valence-corrected chi connectivity index (χ0v) is 14.6. The monoisotopic (exact) mass is 348 g/mol. The van der Waals surface area contributed by atoms with Crippen molar-refractivity contribution in [2.45, 2.75) is 0 Å². The Morgan fingerprint density at radius 2 is 1.30 bits per heavy atom. The number of hydrogen-bond acceptors (Lipinski definition) is 2. The molecule has 2 nitrogen and oxygen atoms in total. The molecule has 0 saturated heterocycles. The van der Waals surface area contributed by atoms with Crippen LogP contribution in [0, 0.1) is 0 Å². The molecule has 0 N–H and O–H groups in total. The first-order valence-corrected chi connectivity index (χ1v) is 8.92. The molecular weight excluding hydrogens is 332 g/mol. The maximum absolute atomic E-state index is 13.3. The number of fused-ring (bicyclic) bond motifs is 3. The maximum Gasteiger partial charge on any atom is 0.228 e. The van der Waals surface area contributed by atoms with Gasteiger partial charge in [0.15, 0.2) is 5.76 Å². The highest BCUT2D eigenvalue weighted by molar-refractivity contribution is 6.19. The van der Waals surface area contributed by atoms with Gasteiger partial charge >= 0.3 is 0 Å². The summed E-state index contributed by atoms with van der Waals surface area (Å²) in [4.78, 5) is 13.3. The Balaban J connectivity index is 1.86. The quantitative estimate of drug-likeness (QED) is 0.349. The SMILES string of the molecule is O=C(c1ccccc1)c1oc2c(ccc3ccccc32)c1-c1ccccc1. The molecular formula is C25H16O2. The van der Waals surface area contributed by atoms with E-state index in [0.29, 0.717) is 11.3 Å². The van der Waals surface area contributed by atoms with Crippen molar-refractivity contribution in [1.29, 1.82) is 0 Å². The van der Waals surface area contributed by atoms with Gasteiger partial charge < -0.3 is 4.42 Å². The predicted octanol–water partition coefficient (Wildman–Crippen LogP) is 6.48. The third-order valence-corrected chi connectivity index (χ3v) is 4.88. The molecule has 27 heavy (non-hydrogen) atoms. The lowest BCUT2D eigenvalue weighted by atomic mass is 9.97. The van der Waals surface area contributed by atoms with Gasteiger partial charge in [0, 0.05) is 21.9 Å². The van der Waals surface area contributed by atoms with Gasteiger partial charge in [-0.3, -0.25) is 4.79 Å². The van der Waals surface area contributed by atoms with Gasteiger partial charge in [-0.2, -0.15) is 0 Å². The van der Waals surface area contributed by atoms with Crippen LogP contribution < -0.4 is 0 Å². The Bertz CT molecular complexity index is 1270. The zero-order chi connectivity index (χ0) is 18.2. The molecule has 4 aromatic carbocycles. The first-order chi connectivity index (χ1) is 13.3. The standard InChI is InChI=1S/C25H16O2/c26-23(19-12-5-2-6-13-19)25-22(18-10-3-1-4-11-18)21-16-15-17-9-7-8-14-20(17)24(21)27-25/h1-16H. The number of carbonyl (C=O) groups is 1. The largest absolute Gasteiger partial charge is 0.451 e. The van der Waals surface area contributed by atoms with Crippen LogP contribution in [0.2, 0.25) is 0 Å². The average Bonchev–Trinajstić information content (AvgIpc) is 3.14. The van der Waals surface area contributed by atoms with Crippen molar-refractivity contribution in [2.75, 3.05) is 0 Å². The summed E-state index contributed by atoms with van der Waals surface area (Å²) in [6.07, 6.45) is 0. The fraction of sp³-hybridized carbons (Fsp3) is 0. The van der Waals surface area contributed by atoms with E-state index < -0.39 is 0 Å². The Hall–Kier alpha value is -3.65. The first kappa shape index (κ1) is 15.6. The van der Waals surface area contributed by atoms with E-state index in [1.165, 1.54) is 0 Å². The van der Waals surface area contributed by atoms with E-state index in [1.54, 1.807) is 0 Å². The van der Waals surface area contributed by atoms with Crippen molar-refractivity contribution in [1.82, 2.24) is 0 Å². The van der Waals surface area contributed by atoms with Crippen molar-refractivity contribution in [2.24, 2.45) is 0 Å². The van der Waals surface area contributed by atoms with Crippen LogP contribution in [-0.2, 0) is 0 Å². The van der Waals surface area contributed by atoms with Gasteiger partial charge in [0.1, 0.15) is 5.58 Å². The highest BCUT2D eigenvalue weighted by Gasteiger charge is 2.23. The minimum atomic E-state index is -0.102. The number of hydrogen-bond donors (Lipinski definition) is 0. The summed E-state index contributed by atoms with van der Waals surface area (Å²) in [6, 6.07) is 31.5. The van der Waals surface area contributed by atoms with E-state index in [2.05, 4.69) is 12.1 Å². The van der Waals surface area contributed by atoms with E-state index in [4.69, 9.17) is 4.42 Å². The number of benzene rings is 4. The van der Waals surface area contributed by atoms with Crippen LogP contribution in [0.25, 0.3) is 32.9 Å². The average molecular weight is 348 g/mol. The molecule has 0 bridgehead atoms. The molecule has 0 spiro atoms. The summed E-state index contributed by atoms with van der Waals surface area (Å²) < 4.78 is 6.23. The molecule has 0 radical (unpaired) electrons. The fourth-order valence-corrected chi connectivity index (χ4v) is 3.60. The molecule has 0 aliphatic rings. The van der Waals surface area contributed by atoms with Gasteiger partial charge in [-0.25, -0.2) is 0 Å². The smallest absolute Gasteiger partial charge is 0.228 e. The number of furan rings is 1. The second-order valence-electron chi connectivity index (χ2n) is 6.53. The van der Waals surface area contributed by atoms with Crippen LogP contribution in [0.5, 0.6) is 0 Å². The van der Waals surface area contributed by atoms with Gasteiger partial charge in [-0.15, -0.1) is 0 Å². The van der Waals surface area contributed by atoms with Crippen LogP contribution >= 0.6 is 0 Å². The summed E-state index contributed by atoms with van der Waals surface area (Å²) >= 11 is 0. The number of rotatable bonds is 3. The van der Waals surface area contributed by atoms with E-state index >= 15 is 0 Å². The first-order valence-electron chi connectivity index (χ1n) is 8.92. The molecule has 0 atom stereocenters. The van der Waals surface area contributed by atoms with Gasteiger partial charge in [0.05, 0.1) is 0 Å². The molecule has 0 aliphatic heterocycles. The van der Waals surface area contributed by atoms with Crippen LogP contribution in [0.15, 0.2) is 101 Å². The minimum absolute atomic E-state index is 0.102. The highest BCUT2D eigenvalue weighted by atomic mass is 16.3. The molecule has 128 valence electrons. The van der Waals surface area contributed by atoms with Crippen molar-refractivity contribution >= 4 is 27.5 Å². The van der Waals surface area contributed by atoms with Crippen LogP contribution in [-0.4, -0.2) is 5.78 Å². The van der Waals surface area contributed by atoms with E-state index in [1.807, 2.05) is 84.9 Å². The minimum Gasteiger partial charge on any atom is -0.451 e.